The van der Waals surface area contributed by atoms with E-state index >= 15 is 0 Å². The molecule has 0 aromatic heterocycles. The fraction of sp³-hybridized carbons (Fsp3) is 0.444. The second-order valence-electron chi connectivity index (χ2n) is 9.73. The SMILES string of the molecule is CC(C)C(CC(=O)O)NC(=O)C1(CNC(=O)OCC2c3ccccc3-c3ccccc32)CCC1. The highest BCUT2D eigenvalue weighted by Crippen LogP contribution is 2.44. The minimum atomic E-state index is -0.946. The highest BCUT2D eigenvalue weighted by atomic mass is 16.5. The summed E-state index contributed by atoms with van der Waals surface area (Å²) in [5.74, 6) is -1.18. The van der Waals surface area contributed by atoms with Gasteiger partial charge >= 0.3 is 12.1 Å². The molecule has 2 aromatic carbocycles. The summed E-state index contributed by atoms with van der Waals surface area (Å²) in [6.45, 7) is 4.16. The second kappa shape index (κ2) is 9.87. The van der Waals surface area contributed by atoms with Crippen LogP contribution in [0.2, 0.25) is 0 Å². The van der Waals surface area contributed by atoms with Crippen LogP contribution in [0.25, 0.3) is 11.1 Å². The molecule has 0 heterocycles. The summed E-state index contributed by atoms with van der Waals surface area (Å²) in [5.41, 5.74) is 3.91. The first-order valence-corrected chi connectivity index (χ1v) is 11.9. The normalized spacial score (nSPS) is 16.7. The van der Waals surface area contributed by atoms with Gasteiger partial charge in [0.1, 0.15) is 6.61 Å². The van der Waals surface area contributed by atoms with Crippen molar-refractivity contribution >= 4 is 18.0 Å². The standard InChI is InChI=1S/C27H32N2O5/c1-17(2)23(14-24(30)31)29-25(32)27(12-7-13-27)16-28-26(33)34-15-22-20-10-5-3-8-18(20)19-9-4-6-11-21(19)22/h3-6,8-11,17,22-23H,7,12-16H2,1-2H3,(H,28,33)(H,29,32)(H,30,31). The number of carbonyl (C=O) groups is 3. The molecule has 7 nitrogen and oxygen atoms in total. The first kappa shape index (κ1) is 23.8. The Morgan fingerprint density at radius 1 is 1.03 bits per heavy atom. The minimum Gasteiger partial charge on any atom is -0.481 e. The van der Waals surface area contributed by atoms with E-state index in [1.807, 2.05) is 38.1 Å². The Morgan fingerprint density at radius 2 is 1.62 bits per heavy atom. The maximum Gasteiger partial charge on any atom is 0.407 e. The van der Waals surface area contributed by atoms with Gasteiger partial charge in [0.25, 0.3) is 0 Å². The fourth-order valence-electron chi connectivity index (χ4n) is 4.94. The predicted octanol–water partition coefficient (Wildman–Crippen LogP) is 4.31. The van der Waals surface area contributed by atoms with Gasteiger partial charge in [0.05, 0.1) is 11.8 Å². The van der Waals surface area contributed by atoms with Crippen LogP contribution >= 0.6 is 0 Å². The van der Waals surface area contributed by atoms with Gasteiger partial charge < -0.3 is 20.5 Å². The molecule has 3 N–H and O–H groups in total. The van der Waals surface area contributed by atoms with Gasteiger partial charge in [0, 0.05) is 18.5 Å². The predicted molar refractivity (Wildman–Crippen MR) is 128 cm³/mol. The van der Waals surface area contributed by atoms with Crippen molar-refractivity contribution in [2.75, 3.05) is 13.2 Å². The van der Waals surface area contributed by atoms with Crippen molar-refractivity contribution in [3.8, 4) is 11.1 Å². The van der Waals surface area contributed by atoms with Crippen LogP contribution < -0.4 is 10.6 Å². The van der Waals surface area contributed by atoms with Crippen LogP contribution in [-0.4, -0.2) is 42.3 Å². The number of benzene rings is 2. The number of carboxylic acid groups (broad SMARTS) is 1. The Morgan fingerprint density at radius 3 is 2.12 bits per heavy atom. The lowest BCUT2D eigenvalue weighted by Gasteiger charge is -2.41. The van der Waals surface area contributed by atoms with Gasteiger partial charge in [0.15, 0.2) is 0 Å². The largest absolute Gasteiger partial charge is 0.481 e. The number of nitrogens with one attached hydrogen (secondary N) is 2. The summed E-state index contributed by atoms with van der Waals surface area (Å²) in [4.78, 5) is 36.7. The molecule has 1 fully saturated rings. The van der Waals surface area contributed by atoms with E-state index in [1.165, 1.54) is 11.1 Å². The van der Waals surface area contributed by atoms with Crippen molar-refractivity contribution in [2.45, 2.75) is 51.5 Å². The van der Waals surface area contributed by atoms with E-state index in [-0.39, 0.29) is 37.3 Å². The highest BCUT2D eigenvalue weighted by Gasteiger charge is 2.45. The molecule has 0 spiro atoms. The Balaban J connectivity index is 1.35. The lowest BCUT2D eigenvalue weighted by atomic mass is 9.67. The molecular formula is C27H32N2O5. The van der Waals surface area contributed by atoms with Crippen LogP contribution in [0.5, 0.6) is 0 Å². The number of hydrogen-bond donors (Lipinski definition) is 3. The number of carbonyl (C=O) groups excluding carboxylic acids is 2. The van der Waals surface area contributed by atoms with E-state index in [2.05, 4.69) is 34.9 Å². The maximum absolute atomic E-state index is 13.0. The van der Waals surface area contributed by atoms with Crippen LogP contribution in [0, 0.1) is 11.3 Å². The number of alkyl carbamates (subject to hydrolysis) is 1. The molecule has 7 heteroatoms. The summed E-state index contributed by atoms with van der Waals surface area (Å²) >= 11 is 0. The lowest BCUT2D eigenvalue weighted by molar-refractivity contribution is -0.140. The molecule has 2 aromatic rings. The molecule has 1 unspecified atom stereocenters. The fourth-order valence-corrected chi connectivity index (χ4v) is 4.94. The van der Waals surface area contributed by atoms with E-state index in [9.17, 15) is 14.4 Å². The van der Waals surface area contributed by atoms with E-state index in [4.69, 9.17) is 9.84 Å². The zero-order chi connectivity index (χ0) is 24.3. The van der Waals surface area contributed by atoms with Gasteiger partial charge in [0.2, 0.25) is 5.91 Å². The van der Waals surface area contributed by atoms with Crippen molar-refractivity contribution in [1.29, 1.82) is 0 Å². The summed E-state index contributed by atoms with van der Waals surface area (Å²) < 4.78 is 5.60. The lowest BCUT2D eigenvalue weighted by Crippen LogP contribution is -2.55. The number of rotatable bonds is 9. The average Bonchev–Trinajstić information content (AvgIpc) is 3.10. The number of fused-ring (bicyclic) bond motifs is 3. The van der Waals surface area contributed by atoms with Gasteiger partial charge in [-0.1, -0.05) is 68.8 Å². The molecule has 0 radical (unpaired) electrons. The van der Waals surface area contributed by atoms with E-state index in [1.54, 1.807) is 0 Å². The Kier molecular flexibility index (Phi) is 6.91. The number of aliphatic carboxylic acids is 1. The first-order valence-electron chi connectivity index (χ1n) is 11.9. The average molecular weight is 465 g/mol. The van der Waals surface area contributed by atoms with Crippen molar-refractivity contribution in [3.05, 3.63) is 59.7 Å². The zero-order valence-electron chi connectivity index (χ0n) is 19.7. The third-order valence-electron chi connectivity index (χ3n) is 7.22. The second-order valence-corrected chi connectivity index (χ2v) is 9.73. The van der Waals surface area contributed by atoms with Crippen molar-refractivity contribution in [3.63, 3.8) is 0 Å². The zero-order valence-corrected chi connectivity index (χ0v) is 19.7. The summed E-state index contributed by atoms with van der Waals surface area (Å²) in [5, 5.41) is 14.8. The molecule has 34 heavy (non-hydrogen) atoms. The molecule has 4 rings (SSSR count). The number of carboxylic acids is 1. The molecule has 0 bridgehead atoms. The molecular weight excluding hydrogens is 432 g/mol. The monoisotopic (exact) mass is 464 g/mol. The molecule has 1 atom stereocenters. The molecule has 0 saturated heterocycles. The molecule has 2 amide bonds. The van der Waals surface area contributed by atoms with Crippen LogP contribution in [0.1, 0.15) is 56.6 Å². The van der Waals surface area contributed by atoms with E-state index in [0.717, 1.165) is 17.5 Å². The smallest absolute Gasteiger partial charge is 0.407 e. The number of hydrogen-bond acceptors (Lipinski definition) is 4. The third kappa shape index (κ3) is 4.79. The molecule has 2 aliphatic rings. The molecule has 180 valence electrons. The minimum absolute atomic E-state index is 0.00716. The maximum atomic E-state index is 13.0. The Bertz CT molecular complexity index is 1030. The van der Waals surface area contributed by atoms with Crippen LogP contribution in [-0.2, 0) is 14.3 Å². The van der Waals surface area contributed by atoms with Crippen LogP contribution in [0.4, 0.5) is 4.79 Å². The van der Waals surface area contributed by atoms with Gasteiger partial charge in [-0.05, 0) is 41.0 Å². The van der Waals surface area contributed by atoms with Gasteiger partial charge in [-0.2, -0.15) is 0 Å². The Labute approximate surface area is 199 Å². The van der Waals surface area contributed by atoms with Gasteiger partial charge in [-0.15, -0.1) is 0 Å². The van der Waals surface area contributed by atoms with Crippen molar-refractivity contribution in [1.82, 2.24) is 10.6 Å². The topological polar surface area (TPSA) is 105 Å². The van der Waals surface area contributed by atoms with Crippen molar-refractivity contribution < 1.29 is 24.2 Å². The number of amides is 2. The third-order valence-corrected chi connectivity index (χ3v) is 7.22. The molecule has 0 aliphatic heterocycles. The van der Waals surface area contributed by atoms with Gasteiger partial charge in [-0.25, -0.2) is 4.79 Å². The van der Waals surface area contributed by atoms with Gasteiger partial charge in [-0.3, -0.25) is 9.59 Å². The number of ether oxygens (including phenoxy) is 1. The van der Waals surface area contributed by atoms with Crippen LogP contribution in [0.15, 0.2) is 48.5 Å². The molecule has 1 saturated carbocycles. The van der Waals surface area contributed by atoms with Crippen molar-refractivity contribution in [2.24, 2.45) is 11.3 Å². The van der Waals surface area contributed by atoms with E-state index in [0.29, 0.717) is 12.8 Å². The van der Waals surface area contributed by atoms with Crippen LogP contribution in [0.3, 0.4) is 0 Å². The summed E-state index contributed by atoms with van der Waals surface area (Å²) in [6.07, 6.45) is 1.53. The first-order chi connectivity index (χ1) is 16.3. The highest BCUT2D eigenvalue weighted by molar-refractivity contribution is 5.85. The summed E-state index contributed by atoms with van der Waals surface area (Å²) in [6, 6.07) is 15.9. The summed E-state index contributed by atoms with van der Waals surface area (Å²) in [7, 11) is 0. The Hall–Kier alpha value is -3.35. The van der Waals surface area contributed by atoms with E-state index < -0.39 is 23.5 Å². The molecule has 2 aliphatic carbocycles. The quantitative estimate of drug-likeness (QED) is 0.513.